The number of hydrogen-bond acceptors (Lipinski definition) is 2. The maximum absolute atomic E-state index is 11.9. The Morgan fingerprint density at radius 2 is 1.86 bits per heavy atom. The number of carbonyl (C=O) groups is 1. The van der Waals surface area contributed by atoms with Crippen LogP contribution in [0.5, 0.6) is 0 Å². The van der Waals surface area contributed by atoms with E-state index in [1.807, 2.05) is 24.3 Å². The van der Waals surface area contributed by atoms with Crippen LogP contribution >= 0.6 is 15.9 Å². The first kappa shape index (κ1) is 16.2. The minimum absolute atomic E-state index is 0.00567. The Balaban J connectivity index is 1.77. The molecule has 1 fully saturated rings. The summed E-state index contributed by atoms with van der Waals surface area (Å²) in [6, 6.07) is 7.79. The molecule has 2 N–H and O–H groups in total. The third-order valence-electron chi connectivity index (χ3n) is 3.77. The van der Waals surface area contributed by atoms with Crippen molar-refractivity contribution in [2.45, 2.75) is 32.1 Å². The van der Waals surface area contributed by atoms with E-state index < -0.39 is 0 Å². The molecule has 114 valence electrons. The van der Waals surface area contributed by atoms with E-state index in [-0.39, 0.29) is 5.91 Å². The number of halogens is 1. The topological polar surface area (TPSA) is 45.9 Å². The van der Waals surface area contributed by atoms with E-state index in [0.717, 1.165) is 23.1 Å². The van der Waals surface area contributed by atoms with Crippen LogP contribution in [0.3, 0.4) is 0 Å². The van der Waals surface area contributed by atoms with Gasteiger partial charge in [0.1, 0.15) is 0 Å². The molecule has 0 bridgehead atoms. The highest BCUT2D eigenvalue weighted by molar-refractivity contribution is 9.10. The summed E-state index contributed by atoms with van der Waals surface area (Å²) in [5, 5.41) is 4.04. The van der Waals surface area contributed by atoms with E-state index in [4.69, 9.17) is 0 Å². The van der Waals surface area contributed by atoms with Crippen molar-refractivity contribution in [1.29, 1.82) is 0 Å². The second kappa shape index (κ2) is 8.95. The monoisotopic (exact) mass is 352 g/mol. The lowest BCUT2D eigenvalue weighted by Crippen LogP contribution is -3.13. The van der Waals surface area contributed by atoms with E-state index in [1.165, 1.54) is 37.0 Å². The summed E-state index contributed by atoms with van der Waals surface area (Å²) in [4.78, 5) is 13.3. The third-order valence-corrected chi connectivity index (χ3v) is 4.49. The fraction of sp³-hybridized carbons (Fsp3) is 0.500. The summed E-state index contributed by atoms with van der Waals surface area (Å²) in [6.45, 7) is 2.72. The molecule has 4 nitrogen and oxygen atoms in total. The zero-order valence-electron chi connectivity index (χ0n) is 12.3. The molecule has 0 radical (unpaired) electrons. The number of hydrazone groups is 1. The number of likely N-dealkylation sites (tertiary alicyclic amines) is 1. The van der Waals surface area contributed by atoms with Crippen molar-refractivity contribution in [1.82, 2.24) is 5.43 Å². The molecule has 0 aliphatic carbocycles. The van der Waals surface area contributed by atoms with Crippen molar-refractivity contribution >= 4 is 28.1 Å². The average Bonchev–Trinajstić information content (AvgIpc) is 2.44. The second-order valence-electron chi connectivity index (χ2n) is 5.51. The van der Waals surface area contributed by atoms with Gasteiger partial charge in [-0.1, -0.05) is 40.5 Å². The molecular formula is C16H23BrN3O+. The zero-order valence-corrected chi connectivity index (χ0v) is 13.9. The predicted octanol–water partition coefficient (Wildman–Crippen LogP) is 1.75. The Kier molecular flexibility index (Phi) is 6.89. The van der Waals surface area contributed by atoms with Crippen LogP contribution in [0.4, 0.5) is 0 Å². The SMILES string of the molecule is O=C(C[NH+]1CCCCCCC1)N/N=C\c1ccccc1Br. The van der Waals surface area contributed by atoms with Gasteiger partial charge in [0.25, 0.3) is 5.91 Å². The summed E-state index contributed by atoms with van der Waals surface area (Å²) in [7, 11) is 0. The molecule has 0 spiro atoms. The molecule has 21 heavy (non-hydrogen) atoms. The minimum atomic E-state index is -0.00567. The van der Waals surface area contributed by atoms with Gasteiger partial charge in [0.2, 0.25) is 0 Å². The number of hydrogen-bond donors (Lipinski definition) is 2. The van der Waals surface area contributed by atoms with E-state index in [0.29, 0.717) is 6.54 Å². The van der Waals surface area contributed by atoms with Gasteiger partial charge in [0.15, 0.2) is 6.54 Å². The lowest BCUT2D eigenvalue weighted by Gasteiger charge is -2.20. The maximum Gasteiger partial charge on any atom is 0.295 e. The molecular weight excluding hydrogens is 330 g/mol. The number of rotatable bonds is 4. The van der Waals surface area contributed by atoms with Crippen molar-refractivity contribution < 1.29 is 9.69 Å². The molecule has 1 aliphatic heterocycles. The minimum Gasteiger partial charge on any atom is -0.327 e. The fourth-order valence-electron chi connectivity index (χ4n) is 2.60. The van der Waals surface area contributed by atoms with Crippen molar-refractivity contribution in [3.63, 3.8) is 0 Å². The Labute approximate surface area is 134 Å². The first-order valence-electron chi connectivity index (χ1n) is 7.66. The Morgan fingerprint density at radius 1 is 1.19 bits per heavy atom. The first-order valence-corrected chi connectivity index (χ1v) is 8.45. The lowest BCUT2D eigenvalue weighted by atomic mass is 10.1. The predicted molar refractivity (Wildman–Crippen MR) is 88.5 cm³/mol. The van der Waals surface area contributed by atoms with Gasteiger partial charge >= 0.3 is 0 Å². The zero-order chi connectivity index (χ0) is 14.9. The van der Waals surface area contributed by atoms with Gasteiger partial charge in [-0.25, -0.2) is 5.43 Å². The smallest absolute Gasteiger partial charge is 0.295 e. The first-order chi connectivity index (χ1) is 10.3. The molecule has 1 amide bonds. The second-order valence-corrected chi connectivity index (χ2v) is 6.36. The summed E-state index contributed by atoms with van der Waals surface area (Å²) in [5.41, 5.74) is 3.59. The Morgan fingerprint density at radius 3 is 2.57 bits per heavy atom. The summed E-state index contributed by atoms with van der Waals surface area (Å²) in [5.74, 6) is -0.00567. The van der Waals surface area contributed by atoms with Crippen molar-refractivity contribution in [3.8, 4) is 0 Å². The molecule has 1 aromatic rings. The maximum atomic E-state index is 11.9. The van der Waals surface area contributed by atoms with E-state index >= 15 is 0 Å². The summed E-state index contributed by atoms with van der Waals surface area (Å²) < 4.78 is 0.970. The van der Waals surface area contributed by atoms with Crippen LogP contribution in [0.15, 0.2) is 33.8 Å². The molecule has 1 aromatic carbocycles. The highest BCUT2D eigenvalue weighted by Crippen LogP contribution is 2.13. The van der Waals surface area contributed by atoms with Gasteiger partial charge in [-0.2, -0.15) is 5.10 Å². The van der Waals surface area contributed by atoms with Crippen LogP contribution in [-0.2, 0) is 4.79 Å². The van der Waals surface area contributed by atoms with Crippen LogP contribution in [0.25, 0.3) is 0 Å². The van der Waals surface area contributed by atoms with Gasteiger partial charge < -0.3 is 4.90 Å². The molecule has 0 unspecified atom stereocenters. The molecule has 2 rings (SSSR count). The highest BCUT2D eigenvalue weighted by Gasteiger charge is 2.14. The number of amides is 1. The van der Waals surface area contributed by atoms with Crippen molar-refractivity contribution in [2.75, 3.05) is 19.6 Å². The van der Waals surface area contributed by atoms with Crippen LogP contribution in [-0.4, -0.2) is 31.8 Å². The molecule has 1 aliphatic rings. The standard InChI is InChI=1S/C16H22BrN3O/c17-15-9-5-4-8-14(15)12-18-19-16(21)13-20-10-6-2-1-3-7-11-20/h4-5,8-9,12H,1-3,6-7,10-11,13H2,(H,19,21)/p+1/b18-12-. The van der Waals surface area contributed by atoms with Crippen LogP contribution < -0.4 is 10.3 Å². The quantitative estimate of drug-likeness (QED) is 0.629. The molecule has 0 saturated carbocycles. The van der Waals surface area contributed by atoms with Crippen molar-refractivity contribution in [2.24, 2.45) is 5.10 Å². The van der Waals surface area contributed by atoms with Gasteiger partial charge in [-0.3, -0.25) is 4.79 Å². The largest absolute Gasteiger partial charge is 0.327 e. The highest BCUT2D eigenvalue weighted by atomic mass is 79.9. The number of carbonyl (C=O) groups excluding carboxylic acids is 1. The molecule has 0 aromatic heterocycles. The number of benzene rings is 1. The third kappa shape index (κ3) is 5.98. The van der Waals surface area contributed by atoms with Gasteiger partial charge in [0.05, 0.1) is 19.3 Å². The number of nitrogens with one attached hydrogen (secondary N) is 2. The van der Waals surface area contributed by atoms with E-state index in [2.05, 4.69) is 26.5 Å². The van der Waals surface area contributed by atoms with Crippen LogP contribution in [0.1, 0.15) is 37.7 Å². The molecule has 1 heterocycles. The molecule has 5 heteroatoms. The average molecular weight is 353 g/mol. The summed E-state index contributed by atoms with van der Waals surface area (Å²) in [6.07, 6.45) is 8.06. The Bertz CT molecular complexity index is 482. The fourth-order valence-corrected chi connectivity index (χ4v) is 2.99. The normalized spacial score (nSPS) is 17.4. The van der Waals surface area contributed by atoms with Gasteiger partial charge in [-0.05, 0) is 31.7 Å². The summed E-state index contributed by atoms with van der Waals surface area (Å²) >= 11 is 3.45. The van der Waals surface area contributed by atoms with Gasteiger partial charge in [0, 0.05) is 10.0 Å². The Hall–Kier alpha value is -1.20. The van der Waals surface area contributed by atoms with E-state index in [9.17, 15) is 4.79 Å². The van der Waals surface area contributed by atoms with E-state index in [1.54, 1.807) is 6.21 Å². The molecule has 1 saturated heterocycles. The number of nitrogens with zero attached hydrogens (tertiary/aromatic N) is 1. The van der Waals surface area contributed by atoms with Gasteiger partial charge in [-0.15, -0.1) is 0 Å². The lowest BCUT2D eigenvalue weighted by molar-refractivity contribution is -0.893. The molecule has 0 atom stereocenters. The van der Waals surface area contributed by atoms with Crippen LogP contribution in [0, 0.1) is 0 Å². The van der Waals surface area contributed by atoms with Crippen molar-refractivity contribution in [3.05, 3.63) is 34.3 Å². The number of quaternary nitrogens is 1. The van der Waals surface area contributed by atoms with Crippen LogP contribution in [0.2, 0.25) is 0 Å².